The van der Waals surface area contributed by atoms with Gasteiger partial charge < -0.3 is 0 Å². The van der Waals surface area contributed by atoms with Gasteiger partial charge in [-0.1, -0.05) is 37.6 Å². The SMILES string of the molecule is CCCCc1ccc(C(=O)CC(F)(F)F)cc1. The van der Waals surface area contributed by atoms with Gasteiger partial charge >= 0.3 is 6.18 Å². The molecule has 0 aliphatic carbocycles. The number of carbonyl (C=O) groups is 1. The molecule has 1 aromatic rings. The summed E-state index contributed by atoms with van der Waals surface area (Å²) in [4.78, 5) is 11.3. The van der Waals surface area contributed by atoms with Gasteiger partial charge in [0.2, 0.25) is 0 Å². The number of benzene rings is 1. The van der Waals surface area contributed by atoms with E-state index in [0.717, 1.165) is 24.8 Å². The molecular formula is C13H15F3O. The van der Waals surface area contributed by atoms with Gasteiger partial charge in [-0.25, -0.2) is 0 Å². The normalized spacial score (nSPS) is 11.5. The van der Waals surface area contributed by atoms with Crippen molar-refractivity contribution in [2.75, 3.05) is 0 Å². The number of alkyl halides is 3. The second kappa shape index (κ2) is 5.84. The Hall–Kier alpha value is -1.32. The zero-order chi connectivity index (χ0) is 12.9. The van der Waals surface area contributed by atoms with Crippen LogP contribution in [-0.4, -0.2) is 12.0 Å². The predicted molar refractivity (Wildman–Crippen MR) is 60.1 cm³/mol. The average Bonchev–Trinajstić information content (AvgIpc) is 2.24. The quantitative estimate of drug-likeness (QED) is 0.710. The van der Waals surface area contributed by atoms with Crippen LogP contribution in [0.3, 0.4) is 0 Å². The lowest BCUT2D eigenvalue weighted by Gasteiger charge is -2.06. The number of ketones is 1. The highest BCUT2D eigenvalue weighted by atomic mass is 19.4. The predicted octanol–water partition coefficient (Wildman–Crippen LogP) is 4.16. The Morgan fingerprint density at radius 1 is 1.18 bits per heavy atom. The molecule has 0 atom stereocenters. The van der Waals surface area contributed by atoms with Gasteiger partial charge in [-0.2, -0.15) is 13.2 Å². The minimum absolute atomic E-state index is 0.127. The molecule has 0 radical (unpaired) electrons. The molecule has 0 saturated carbocycles. The van der Waals surface area contributed by atoms with E-state index in [2.05, 4.69) is 6.92 Å². The van der Waals surface area contributed by atoms with E-state index < -0.39 is 18.4 Å². The second-order valence-corrected chi connectivity index (χ2v) is 4.02. The summed E-state index contributed by atoms with van der Waals surface area (Å²) in [7, 11) is 0. The number of Topliss-reactive ketones (excluding diaryl/α,β-unsaturated/α-hetero) is 1. The third-order valence-corrected chi connectivity index (χ3v) is 2.46. The summed E-state index contributed by atoms with van der Waals surface area (Å²) in [6.45, 7) is 2.07. The summed E-state index contributed by atoms with van der Waals surface area (Å²) < 4.78 is 36.1. The Kier molecular flexibility index (Phi) is 4.73. The summed E-state index contributed by atoms with van der Waals surface area (Å²) in [5.74, 6) is -0.875. The molecule has 1 nitrogen and oxygen atoms in total. The van der Waals surface area contributed by atoms with Crippen molar-refractivity contribution in [1.29, 1.82) is 0 Å². The van der Waals surface area contributed by atoms with Crippen molar-refractivity contribution in [3.8, 4) is 0 Å². The van der Waals surface area contributed by atoms with Gasteiger partial charge in [-0.3, -0.25) is 4.79 Å². The van der Waals surface area contributed by atoms with E-state index in [9.17, 15) is 18.0 Å². The third kappa shape index (κ3) is 5.02. The molecule has 1 aromatic carbocycles. The second-order valence-electron chi connectivity index (χ2n) is 4.02. The highest BCUT2D eigenvalue weighted by Crippen LogP contribution is 2.22. The largest absolute Gasteiger partial charge is 0.396 e. The number of hydrogen-bond donors (Lipinski definition) is 0. The average molecular weight is 244 g/mol. The Balaban J connectivity index is 2.64. The maximum Gasteiger partial charge on any atom is 0.396 e. The van der Waals surface area contributed by atoms with Crippen LogP contribution in [-0.2, 0) is 6.42 Å². The van der Waals surface area contributed by atoms with Gasteiger partial charge in [0.1, 0.15) is 6.42 Å². The fourth-order valence-corrected chi connectivity index (χ4v) is 1.52. The third-order valence-electron chi connectivity index (χ3n) is 2.46. The maximum atomic E-state index is 12.0. The zero-order valence-electron chi connectivity index (χ0n) is 9.68. The summed E-state index contributed by atoms with van der Waals surface area (Å²) in [6.07, 6.45) is -2.83. The molecule has 0 aliphatic heterocycles. The van der Waals surface area contributed by atoms with Crippen molar-refractivity contribution in [2.24, 2.45) is 0 Å². The molecule has 0 heterocycles. The van der Waals surface area contributed by atoms with E-state index >= 15 is 0 Å². The lowest BCUT2D eigenvalue weighted by atomic mass is 10.0. The highest BCUT2D eigenvalue weighted by molar-refractivity contribution is 5.96. The van der Waals surface area contributed by atoms with Crippen LogP contribution in [0.1, 0.15) is 42.1 Å². The van der Waals surface area contributed by atoms with Crippen LogP contribution in [0.15, 0.2) is 24.3 Å². The molecule has 0 saturated heterocycles. The Morgan fingerprint density at radius 3 is 2.24 bits per heavy atom. The highest BCUT2D eigenvalue weighted by Gasteiger charge is 2.31. The molecule has 0 bridgehead atoms. The first-order valence-corrected chi connectivity index (χ1v) is 5.61. The van der Waals surface area contributed by atoms with Crippen molar-refractivity contribution >= 4 is 5.78 Å². The van der Waals surface area contributed by atoms with E-state index in [1.54, 1.807) is 12.1 Å². The van der Waals surface area contributed by atoms with Gasteiger partial charge in [0.25, 0.3) is 0 Å². The summed E-state index contributed by atoms with van der Waals surface area (Å²) >= 11 is 0. The molecule has 0 N–H and O–H groups in total. The minimum Gasteiger partial charge on any atom is -0.294 e. The maximum absolute atomic E-state index is 12.0. The standard InChI is InChI=1S/C13H15F3O/c1-2-3-4-10-5-7-11(8-6-10)12(17)9-13(14,15)16/h5-8H,2-4,9H2,1H3. The fraction of sp³-hybridized carbons (Fsp3) is 0.462. The van der Waals surface area contributed by atoms with Gasteiger partial charge in [-0.05, 0) is 18.4 Å². The van der Waals surface area contributed by atoms with Crippen LogP contribution in [0.2, 0.25) is 0 Å². The first-order chi connectivity index (χ1) is 7.92. The van der Waals surface area contributed by atoms with E-state index in [-0.39, 0.29) is 5.56 Å². The monoisotopic (exact) mass is 244 g/mol. The van der Waals surface area contributed by atoms with Crippen LogP contribution in [0.25, 0.3) is 0 Å². The lowest BCUT2D eigenvalue weighted by molar-refractivity contribution is -0.125. The smallest absolute Gasteiger partial charge is 0.294 e. The molecular weight excluding hydrogens is 229 g/mol. The molecule has 0 aliphatic rings. The first kappa shape index (κ1) is 13.7. The number of carbonyl (C=O) groups excluding carboxylic acids is 1. The van der Waals surface area contributed by atoms with E-state index in [1.807, 2.05) is 0 Å². The minimum atomic E-state index is -4.43. The summed E-state index contributed by atoms with van der Waals surface area (Å²) in [5, 5.41) is 0. The summed E-state index contributed by atoms with van der Waals surface area (Å²) in [5.41, 5.74) is 1.18. The molecule has 4 heteroatoms. The zero-order valence-corrected chi connectivity index (χ0v) is 9.68. The molecule has 0 amide bonds. The van der Waals surface area contributed by atoms with Crippen LogP contribution in [0.4, 0.5) is 13.2 Å². The Morgan fingerprint density at radius 2 is 1.76 bits per heavy atom. The fourth-order valence-electron chi connectivity index (χ4n) is 1.52. The lowest BCUT2D eigenvalue weighted by Crippen LogP contribution is -2.14. The molecule has 94 valence electrons. The number of rotatable bonds is 5. The number of hydrogen-bond acceptors (Lipinski definition) is 1. The number of unbranched alkanes of at least 4 members (excludes halogenated alkanes) is 1. The molecule has 0 aromatic heterocycles. The van der Waals surface area contributed by atoms with E-state index in [4.69, 9.17) is 0 Å². The van der Waals surface area contributed by atoms with Crippen molar-refractivity contribution in [2.45, 2.75) is 38.8 Å². The Labute approximate surface area is 98.6 Å². The van der Waals surface area contributed by atoms with Gasteiger partial charge in [0, 0.05) is 5.56 Å². The summed E-state index contributed by atoms with van der Waals surface area (Å²) in [6, 6.07) is 6.39. The van der Waals surface area contributed by atoms with Gasteiger partial charge in [-0.15, -0.1) is 0 Å². The number of halogens is 3. The molecule has 0 unspecified atom stereocenters. The molecule has 0 fully saturated rings. The topological polar surface area (TPSA) is 17.1 Å². The molecule has 1 rings (SSSR count). The molecule has 17 heavy (non-hydrogen) atoms. The van der Waals surface area contributed by atoms with Crippen LogP contribution >= 0.6 is 0 Å². The Bertz CT molecular complexity index is 365. The van der Waals surface area contributed by atoms with E-state index in [0.29, 0.717) is 0 Å². The first-order valence-electron chi connectivity index (χ1n) is 5.61. The van der Waals surface area contributed by atoms with Gasteiger partial charge in [0.15, 0.2) is 5.78 Å². The van der Waals surface area contributed by atoms with Crippen LogP contribution < -0.4 is 0 Å². The van der Waals surface area contributed by atoms with Crippen molar-refractivity contribution < 1.29 is 18.0 Å². The number of aryl methyl sites for hydroxylation is 1. The van der Waals surface area contributed by atoms with E-state index in [1.165, 1.54) is 12.1 Å². The molecule has 0 spiro atoms. The van der Waals surface area contributed by atoms with Crippen LogP contribution in [0, 0.1) is 0 Å². The van der Waals surface area contributed by atoms with Crippen molar-refractivity contribution in [3.63, 3.8) is 0 Å². The van der Waals surface area contributed by atoms with Crippen molar-refractivity contribution in [3.05, 3.63) is 35.4 Å². The van der Waals surface area contributed by atoms with Gasteiger partial charge in [0.05, 0.1) is 0 Å². The van der Waals surface area contributed by atoms with Crippen LogP contribution in [0.5, 0.6) is 0 Å². The van der Waals surface area contributed by atoms with Crippen molar-refractivity contribution in [1.82, 2.24) is 0 Å².